The van der Waals surface area contributed by atoms with Crippen molar-refractivity contribution in [1.82, 2.24) is 14.5 Å². The number of carbonyl (C=O) groups excluding carboxylic acids is 1. The third kappa shape index (κ3) is 4.65. The van der Waals surface area contributed by atoms with Crippen molar-refractivity contribution in [2.24, 2.45) is 0 Å². The zero-order valence-electron chi connectivity index (χ0n) is 19.4. The molecule has 0 spiro atoms. The highest BCUT2D eigenvalue weighted by Crippen LogP contribution is 2.34. The molecule has 0 unspecified atom stereocenters. The molecule has 4 rings (SSSR count). The normalized spacial score (nSPS) is 17.8. The monoisotopic (exact) mass is 435 g/mol. The average Bonchev–Trinajstić information content (AvgIpc) is 3.33. The Morgan fingerprint density at radius 1 is 1.16 bits per heavy atom. The van der Waals surface area contributed by atoms with E-state index >= 15 is 0 Å². The van der Waals surface area contributed by atoms with Crippen molar-refractivity contribution >= 4 is 16.9 Å². The Balaban J connectivity index is 1.53. The number of fused-ring (bicyclic) bond motifs is 1. The summed E-state index contributed by atoms with van der Waals surface area (Å²) in [5.74, 6) is 1.76. The zero-order valence-corrected chi connectivity index (χ0v) is 19.4. The van der Waals surface area contributed by atoms with Crippen LogP contribution in [0, 0.1) is 0 Å². The van der Waals surface area contributed by atoms with Crippen LogP contribution in [0.15, 0.2) is 48.5 Å². The Morgan fingerprint density at radius 2 is 1.88 bits per heavy atom. The Labute approximate surface area is 189 Å². The van der Waals surface area contributed by atoms with Crippen molar-refractivity contribution in [2.45, 2.75) is 64.6 Å². The van der Waals surface area contributed by atoms with E-state index in [1.165, 1.54) is 5.56 Å². The summed E-state index contributed by atoms with van der Waals surface area (Å²) in [6.07, 6.45) is 0.722. The predicted molar refractivity (Wildman–Crippen MR) is 126 cm³/mol. The number of rotatable bonds is 7. The number of aromatic nitrogens is 2. The highest BCUT2D eigenvalue weighted by atomic mass is 16.5. The molecular formula is C26H33N3O3. The van der Waals surface area contributed by atoms with E-state index in [1.807, 2.05) is 53.4 Å². The first kappa shape index (κ1) is 22.3. The van der Waals surface area contributed by atoms with Crippen LogP contribution in [0.3, 0.4) is 0 Å². The quantitative estimate of drug-likeness (QED) is 0.605. The van der Waals surface area contributed by atoms with Gasteiger partial charge in [-0.3, -0.25) is 4.79 Å². The first-order valence-corrected chi connectivity index (χ1v) is 11.4. The summed E-state index contributed by atoms with van der Waals surface area (Å²) in [4.78, 5) is 19.5. The van der Waals surface area contributed by atoms with E-state index in [1.54, 1.807) is 0 Å². The van der Waals surface area contributed by atoms with Crippen LogP contribution in [0.2, 0.25) is 0 Å². The fourth-order valence-electron chi connectivity index (χ4n) is 4.40. The molecule has 2 aromatic carbocycles. The maximum Gasteiger partial charge on any atom is 0.223 e. The number of hydrogen-bond acceptors (Lipinski definition) is 4. The van der Waals surface area contributed by atoms with Gasteiger partial charge in [-0.25, -0.2) is 4.98 Å². The molecule has 6 nitrogen and oxygen atoms in total. The fraction of sp³-hybridized carbons (Fsp3) is 0.462. The SMILES string of the molecule is CCc1ccc(OC[C@@H](O)Cn2c([C@@H]3CC(=O)N(C(C)(C)C)C3)nc3ccccc32)cc1. The Kier molecular flexibility index (Phi) is 6.24. The van der Waals surface area contributed by atoms with Gasteiger partial charge in [0.1, 0.15) is 24.3 Å². The van der Waals surface area contributed by atoms with Crippen LogP contribution in [0.5, 0.6) is 5.75 Å². The summed E-state index contributed by atoms with van der Waals surface area (Å²) in [5, 5.41) is 10.8. The standard InChI is InChI=1S/C26H33N3O3/c1-5-18-10-12-21(13-11-18)32-17-20(30)16-28-23-9-7-6-8-22(23)27-25(28)19-14-24(31)29(15-19)26(2,3)4/h6-13,19-20,30H,5,14-17H2,1-4H3/t19-,20+/m1/s1. The lowest BCUT2D eigenvalue weighted by Gasteiger charge is -2.32. The summed E-state index contributed by atoms with van der Waals surface area (Å²) in [6, 6.07) is 15.9. The predicted octanol–water partition coefficient (Wildman–Crippen LogP) is 4.15. The first-order valence-electron chi connectivity index (χ1n) is 11.4. The lowest BCUT2D eigenvalue weighted by atomic mass is 10.1. The molecule has 1 N–H and O–H groups in total. The molecule has 0 bridgehead atoms. The minimum atomic E-state index is -0.701. The number of carbonyl (C=O) groups is 1. The van der Waals surface area contributed by atoms with E-state index in [9.17, 15) is 9.90 Å². The van der Waals surface area contributed by atoms with E-state index in [-0.39, 0.29) is 24.0 Å². The maximum atomic E-state index is 12.7. The molecule has 32 heavy (non-hydrogen) atoms. The number of hydrogen-bond donors (Lipinski definition) is 1. The van der Waals surface area contributed by atoms with E-state index in [4.69, 9.17) is 9.72 Å². The second kappa shape index (κ2) is 8.94. The van der Waals surface area contributed by atoms with E-state index in [0.29, 0.717) is 19.5 Å². The largest absolute Gasteiger partial charge is 0.491 e. The van der Waals surface area contributed by atoms with Gasteiger partial charge in [-0.15, -0.1) is 0 Å². The van der Waals surface area contributed by atoms with Crippen molar-refractivity contribution in [3.05, 3.63) is 59.9 Å². The molecule has 1 aromatic heterocycles. The molecule has 2 atom stereocenters. The van der Waals surface area contributed by atoms with Gasteiger partial charge in [0, 0.05) is 24.4 Å². The number of aliphatic hydroxyl groups is 1. The third-order valence-electron chi connectivity index (χ3n) is 6.15. The van der Waals surface area contributed by atoms with Crippen molar-refractivity contribution in [3.8, 4) is 5.75 Å². The van der Waals surface area contributed by atoms with E-state index < -0.39 is 6.10 Å². The van der Waals surface area contributed by atoms with E-state index in [2.05, 4.69) is 32.3 Å². The summed E-state index contributed by atoms with van der Waals surface area (Å²) < 4.78 is 7.89. The zero-order chi connectivity index (χ0) is 22.9. The molecule has 0 aliphatic carbocycles. The van der Waals surface area contributed by atoms with Gasteiger partial charge >= 0.3 is 0 Å². The number of aliphatic hydroxyl groups excluding tert-OH is 1. The fourth-order valence-corrected chi connectivity index (χ4v) is 4.40. The van der Waals surface area contributed by atoms with Crippen LogP contribution in [0.25, 0.3) is 11.0 Å². The molecule has 1 aliphatic heterocycles. The second-order valence-corrected chi connectivity index (χ2v) is 9.61. The summed E-state index contributed by atoms with van der Waals surface area (Å²) in [6.45, 7) is 9.49. The van der Waals surface area contributed by atoms with Gasteiger partial charge in [0.25, 0.3) is 0 Å². The molecule has 0 radical (unpaired) electrons. The molecule has 2 heterocycles. The van der Waals surface area contributed by atoms with Gasteiger partial charge in [0.15, 0.2) is 0 Å². The Bertz CT molecular complexity index is 1080. The molecule has 3 aromatic rings. The lowest BCUT2D eigenvalue weighted by Crippen LogP contribution is -2.42. The second-order valence-electron chi connectivity index (χ2n) is 9.61. The highest BCUT2D eigenvalue weighted by molar-refractivity contribution is 5.81. The topological polar surface area (TPSA) is 67.6 Å². The van der Waals surface area contributed by atoms with Crippen LogP contribution in [0.1, 0.15) is 51.4 Å². The number of benzene rings is 2. The van der Waals surface area contributed by atoms with Gasteiger partial charge in [0.05, 0.1) is 17.6 Å². The summed E-state index contributed by atoms with van der Waals surface area (Å²) >= 11 is 0. The van der Waals surface area contributed by atoms with Gasteiger partial charge in [-0.05, 0) is 57.0 Å². The smallest absolute Gasteiger partial charge is 0.223 e. The highest BCUT2D eigenvalue weighted by Gasteiger charge is 2.39. The van der Waals surface area contributed by atoms with Gasteiger partial charge < -0.3 is 19.3 Å². The number of aryl methyl sites for hydroxylation is 1. The number of nitrogens with zero attached hydrogens (tertiary/aromatic N) is 3. The summed E-state index contributed by atoms with van der Waals surface area (Å²) in [5.41, 5.74) is 2.88. The third-order valence-corrected chi connectivity index (χ3v) is 6.15. The van der Waals surface area contributed by atoms with Crippen LogP contribution in [0.4, 0.5) is 0 Å². The minimum absolute atomic E-state index is 0.00355. The van der Waals surface area contributed by atoms with Crippen LogP contribution < -0.4 is 4.74 Å². The van der Waals surface area contributed by atoms with Crippen molar-refractivity contribution in [1.29, 1.82) is 0 Å². The molecule has 170 valence electrons. The van der Waals surface area contributed by atoms with Crippen LogP contribution in [-0.2, 0) is 17.8 Å². The van der Waals surface area contributed by atoms with Crippen LogP contribution >= 0.6 is 0 Å². The van der Waals surface area contributed by atoms with Crippen molar-refractivity contribution in [2.75, 3.05) is 13.2 Å². The average molecular weight is 436 g/mol. The number of amides is 1. The maximum absolute atomic E-state index is 12.7. The molecule has 6 heteroatoms. The minimum Gasteiger partial charge on any atom is -0.491 e. The number of para-hydroxylation sites is 2. The number of likely N-dealkylation sites (tertiary alicyclic amines) is 1. The first-order chi connectivity index (χ1) is 15.3. The summed E-state index contributed by atoms with van der Waals surface area (Å²) in [7, 11) is 0. The molecular weight excluding hydrogens is 402 g/mol. The van der Waals surface area contributed by atoms with Crippen molar-refractivity contribution in [3.63, 3.8) is 0 Å². The molecule has 1 fully saturated rings. The van der Waals surface area contributed by atoms with Crippen LogP contribution in [-0.4, -0.2) is 50.3 Å². The molecule has 0 saturated carbocycles. The van der Waals surface area contributed by atoms with Gasteiger partial charge in [-0.2, -0.15) is 0 Å². The number of imidazole rings is 1. The van der Waals surface area contributed by atoms with Gasteiger partial charge in [0.2, 0.25) is 5.91 Å². The molecule has 1 aliphatic rings. The number of ether oxygens (including phenoxy) is 1. The van der Waals surface area contributed by atoms with Gasteiger partial charge in [-0.1, -0.05) is 31.2 Å². The van der Waals surface area contributed by atoms with Crippen molar-refractivity contribution < 1.29 is 14.6 Å². The Hall–Kier alpha value is -2.86. The van der Waals surface area contributed by atoms with E-state index in [0.717, 1.165) is 29.0 Å². The molecule has 1 amide bonds. The molecule has 1 saturated heterocycles. The Morgan fingerprint density at radius 3 is 2.53 bits per heavy atom. The lowest BCUT2D eigenvalue weighted by molar-refractivity contribution is -0.131.